The van der Waals surface area contributed by atoms with Gasteiger partial charge >= 0.3 is 0 Å². The first-order valence-corrected chi connectivity index (χ1v) is 7.07. The molecule has 0 aromatic carbocycles. The lowest BCUT2D eigenvalue weighted by Gasteiger charge is -2.31. The second kappa shape index (κ2) is 4.58. The smallest absolute Gasteiger partial charge is 0.217 e. The zero-order chi connectivity index (χ0) is 10.9. The lowest BCUT2D eigenvalue weighted by atomic mass is 10.3. The Kier molecular flexibility index (Phi) is 3.56. The number of sulfonamides is 1. The molecular formula is C8H16N2O3S2. The maximum Gasteiger partial charge on any atom is 0.217 e. The summed E-state index contributed by atoms with van der Waals surface area (Å²) in [6, 6.07) is 0. The first-order valence-electron chi connectivity index (χ1n) is 5.12. The largest absolute Gasteiger partial charge is 0.374 e. The molecule has 1 saturated heterocycles. The molecule has 2 rings (SSSR count). The highest BCUT2D eigenvalue weighted by Crippen LogP contribution is 2.31. The van der Waals surface area contributed by atoms with E-state index in [-0.39, 0.29) is 11.4 Å². The standard InChI is InChI=1S/C8H16N2O3S2/c11-15(12,8-1-2-8)10-3-4-13-7(6-10)5-9-14/h7-9,14H,1-6H2. The van der Waals surface area contributed by atoms with Gasteiger partial charge in [-0.15, -0.1) is 0 Å². The maximum absolute atomic E-state index is 11.9. The first kappa shape index (κ1) is 11.7. The number of nitrogens with one attached hydrogen (secondary N) is 1. The summed E-state index contributed by atoms with van der Waals surface area (Å²) >= 11 is 3.89. The van der Waals surface area contributed by atoms with Crippen LogP contribution in [0.1, 0.15) is 12.8 Å². The van der Waals surface area contributed by atoms with Gasteiger partial charge in [0.25, 0.3) is 0 Å². The number of hydrogen-bond acceptors (Lipinski definition) is 5. The molecule has 2 aliphatic rings. The van der Waals surface area contributed by atoms with E-state index in [0.717, 1.165) is 12.8 Å². The predicted octanol–water partition coefficient (Wildman–Crippen LogP) is -0.386. The minimum Gasteiger partial charge on any atom is -0.374 e. The fourth-order valence-corrected chi connectivity index (χ4v) is 3.79. The van der Waals surface area contributed by atoms with Gasteiger partial charge in [-0.2, -0.15) is 4.31 Å². The molecule has 1 aliphatic heterocycles. The van der Waals surface area contributed by atoms with Crippen LogP contribution in [0.3, 0.4) is 0 Å². The second-order valence-electron chi connectivity index (χ2n) is 3.96. The maximum atomic E-state index is 11.9. The van der Waals surface area contributed by atoms with Gasteiger partial charge in [0.15, 0.2) is 0 Å². The van der Waals surface area contributed by atoms with Crippen LogP contribution in [-0.4, -0.2) is 50.3 Å². The molecule has 0 aromatic heterocycles. The van der Waals surface area contributed by atoms with Gasteiger partial charge in [0.05, 0.1) is 18.0 Å². The minimum atomic E-state index is -3.04. The Bertz CT molecular complexity index is 314. The minimum absolute atomic E-state index is 0.0789. The highest BCUT2D eigenvalue weighted by Gasteiger charge is 2.41. The summed E-state index contributed by atoms with van der Waals surface area (Å²) in [6.45, 7) is 1.99. The lowest BCUT2D eigenvalue weighted by Crippen LogP contribution is -2.49. The molecule has 1 saturated carbocycles. The molecule has 0 aromatic rings. The van der Waals surface area contributed by atoms with Gasteiger partial charge in [-0.1, -0.05) is 12.8 Å². The van der Waals surface area contributed by atoms with Crippen molar-refractivity contribution in [3.05, 3.63) is 0 Å². The van der Waals surface area contributed by atoms with E-state index < -0.39 is 10.0 Å². The number of ether oxygens (including phenoxy) is 1. The zero-order valence-corrected chi connectivity index (χ0v) is 10.1. The molecule has 88 valence electrons. The normalized spacial score (nSPS) is 29.3. The van der Waals surface area contributed by atoms with Gasteiger partial charge in [0.1, 0.15) is 0 Å². The molecule has 15 heavy (non-hydrogen) atoms. The molecule has 1 aliphatic carbocycles. The Morgan fingerprint density at radius 1 is 1.47 bits per heavy atom. The van der Waals surface area contributed by atoms with Gasteiger partial charge < -0.3 is 4.74 Å². The molecule has 0 bridgehead atoms. The topological polar surface area (TPSA) is 58.6 Å². The fraction of sp³-hybridized carbons (Fsp3) is 1.00. The molecule has 0 amide bonds. The van der Waals surface area contributed by atoms with E-state index in [4.69, 9.17) is 4.74 Å². The van der Waals surface area contributed by atoms with Gasteiger partial charge in [0.2, 0.25) is 10.0 Å². The van der Waals surface area contributed by atoms with Crippen LogP contribution in [0.15, 0.2) is 0 Å². The SMILES string of the molecule is O=S(=O)(C1CC1)N1CCOC(CNS)C1. The van der Waals surface area contributed by atoms with E-state index in [9.17, 15) is 8.42 Å². The predicted molar refractivity (Wildman–Crippen MR) is 60.2 cm³/mol. The van der Waals surface area contributed by atoms with Crippen LogP contribution in [0.5, 0.6) is 0 Å². The van der Waals surface area contributed by atoms with E-state index in [2.05, 4.69) is 17.5 Å². The van der Waals surface area contributed by atoms with Crippen molar-refractivity contribution in [3.8, 4) is 0 Å². The van der Waals surface area contributed by atoms with Crippen molar-refractivity contribution in [1.29, 1.82) is 0 Å². The summed E-state index contributed by atoms with van der Waals surface area (Å²) in [6.07, 6.45) is 1.55. The average Bonchev–Trinajstić information content (AvgIpc) is 3.02. The van der Waals surface area contributed by atoms with Crippen molar-refractivity contribution in [3.63, 3.8) is 0 Å². The molecule has 7 heteroatoms. The molecule has 2 fully saturated rings. The third kappa shape index (κ3) is 2.65. The molecule has 0 radical (unpaired) electrons. The Morgan fingerprint density at radius 2 is 2.20 bits per heavy atom. The highest BCUT2D eigenvalue weighted by atomic mass is 32.2. The Morgan fingerprint density at radius 3 is 2.80 bits per heavy atom. The summed E-state index contributed by atoms with van der Waals surface area (Å²) in [7, 11) is -3.04. The summed E-state index contributed by atoms with van der Waals surface area (Å²) in [5.74, 6) is 0. The molecule has 1 N–H and O–H groups in total. The summed E-state index contributed by atoms with van der Waals surface area (Å²) in [4.78, 5) is 0. The zero-order valence-electron chi connectivity index (χ0n) is 8.42. The number of nitrogens with zero attached hydrogens (tertiary/aromatic N) is 1. The third-order valence-corrected chi connectivity index (χ3v) is 5.27. The van der Waals surface area contributed by atoms with Gasteiger partial charge in [-0.05, 0) is 12.8 Å². The van der Waals surface area contributed by atoms with E-state index in [1.165, 1.54) is 0 Å². The second-order valence-corrected chi connectivity index (χ2v) is 6.49. The van der Waals surface area contributed by atoms with Crippen LogP contribution >= 0.6 is 12.8 Å². The number of hydrogen-bond donors (Lipinski definition) is 2. The van der Waals surface area contributed by atoms with Crippen LogP contribution in [-0.2, 0) is 14.8 Å². The molecule has 1 atom stereocenters. The van der Waals surface area contributed by atoms with Crippen molar-refractivity contribution in [2.45, 2.75) is 24.2 Å². The summed E-state index contributed by atoms with van der Waals surface area (Å²) in [5, 5.41) is -0.125. The van der Waals surface area contributed by atoms with Crippen LogP contribution in [0, 0.1) is 0 Å². The Labute approximate surface area is 95.8 Å². The number of thiol groups is 1. The van der Waals surface area contributed by atoms with Crippen LogP contribution in [0.4, 0.5) is 0 Å². The highest BCUT2D eigenvalue weighted by molar-refractivity contribution is 7.90. The molecule has 5 nitrogen and oxygen atoms in total. The van der Waals surface area contributed by atoms with Gasteiger partial charge in [-0.3, -0.25) is 4.72 Å². The van der Waals surface area contributed by atoms with Crippen LogP contribution < -0.4 is 4.72 Å². The quantitative estimate of drug-likeness (QED) is 0.669. The fourth-order valence-electron chi connectivity index (χ4n) is 1.73. The van der Waals surface area contributed by atoms with Crippen LogP contribution in [0.2, 0.25) is 0 Å². The Hall–Kier alpha value is 0.180. The number of rotatable bonds is 4. The van der Waals surface area contributed by atoms with Crippen LogP contribution in [0.25, 0.3) is 0 Å². The monoisotopic (exact) mass is 252 g/mol. The molecule has 1 unspecified atom stereocenters. The van der Waals surface area contributed by atoms with Gasteiger partial charge in [0, 0.05) is 19.6 Å². The molecular weight excluding hydrogens is 236 g/mol. The van der Waals surface area contributed by atoms with E-state index in [1.807, 2.05) is 0 Å². The third-order valence-electron chi connectivity index (χ3n) is 2.73. The Balaban J connectivity index is 1.97. The van der Waals surface area contributed by atoms with Crippen molar-refractivity contribution in [2.24, 2.45) is 0 Å². The van der Waals surface area contributed by atoms with Crippen molar-refractivity contribution in [2.75, 3.05) is 26.2 Å². The summed E-state index contributed by atoms with van der Waals surface area (Å²) in [5.41, 5.74) is 0. The average molecular weight is 252 g/mol. The summed E-state index contributed by atoms with van der Waals surface area (Å²) < 4.78 is 33.5. The van der Waals surface area contributed by atoms with E-state index in [1.54, 1.807) is 4.31 Å². The van der Waals surface area contributed by atoms with Crippen molar-refractivity contribution >= 4 is 22.8 Å². The number of morpholine rings is 1. The van der Waals surface area contributed by atoms with Crippen molar-refractivity contribution < 1.29 is 13.2 Å². The lowest BCUT2D eigenvalue weighted by molar-refractivity contribution is 0.00291. The van der Waals surface area contributed by atoms with E-state index >= 15 is 0 Å². The molecule has 0 spiro atoms. The first-order chi connectivity index (χ1) is 7.14. The van der Waals surface area contributed by atoms with E-state index in [0.29, 0.717) is 26.2 Å². The molecule has 1 heterocycles. The van der Waals surface area contributed by atoms with Gasteiger partial charge in [-0.25, -0.2) is 8.42 Å². The van der Waals surface area contributed by atoms with Crippen molar-refractivity contribution in [1.82, 2.24) is 9.03 Å².